The van der Waals surface area contributed by atoms with Crippen LogP contribution in [0.5, 0.6) is 0 Å². The van der Waals surface area contributed by atoms with Crippen molar-refractivity contribution in [2.45, 2.75) is 26.3 Å². The van der Waals surface area contributed by atoms with E-state index < -0.39 is 0 Å². The number of nitrogen functional groups attached to an aromatic ring is 1. The zero-order chi connectivity index (χ0) is 13.7. The molecule has 0 aromatic carbocycles. The van der Waals surface area contributed by atoms with Gasteiger partial charge < -0.3 is 16.0 Å². The molecule has 1 aromatic heterocycles. The van der Waals surface area contributed by atoms with Crippen molar-refractivity contribution in [1.29, 1.82) is 0 Å². The van der Waals surface area contributed by atoms with Crippen LogP contribution >= 0.6 is 0 Å². The van der Waals surface area contributed by atoms with Crippen LogP contribution in [0.2, 0.25) is 0 Å². The molecule has 0 fully saturated rings. The lowest BCUT2D eigenvalue weighted by molar-refractivity contribution is 0.0929. The Bertz CT molecular complexity index is 389. The first-order valence-electron chi connectivity index (χ1n) is 5.94. The third kappa shape index (κ3) is 3.99. The highest BCUT2D eigenvalue weighted by Gasteiger charge is 2.19. The maximum absolute atomic E-state index is 11.8. The van der Waals surface area contributed by atoms with Gasteiger partial charge in [0.1, 0.15) is 0 Å². The molecule has 0 aliphatic heterocycles. The number of anilines is 1. The van der Waals surface area contributed by atoms with Crippen LogP contribution in [0.1, 0.15) is 30.8 Å². The number of aromatic nitrogens is 2. The van der Waals surface area contributed by atoms with Gasteiger partial charge >= 0.3 is 0 Å². The zero-order valence-electron chi connectivity index (χ0n) is 11.3. The number of rotatable bonds is 6. The number of carbonyl (C=O) groups is 1. The Balaban J connectivity index is 2.52. The van der Waals surface area contributed by atoms with Gasteiger partial charge in [0.05, 0.1) is 0 Å². The number of nitrogens with two attached hydrogens (primary N) is 1. The summed E-state index contributed by atoms with van der Waals surface area (Å²) in [6.45, 7) is 4.84. The number of nitrogens with one attached hydrogen (secondary N) is 1. The summed E-state index contributed by atoms with van der Waals surface area (Å²) >= 11 is 0. The molecule has 7 nitrogen and oxygen atoms in total. The summed E-state index contributed by atoms with van der Waals surface area (Å²) in [7, 11) is 3.98. The smallest absolute Gasteiger partial charge is 0.277 e. The molecule has 1 unspecified atom stereocenters. The molecule has 1 atom stereocenters. The van der Waals surface area contributed by atoms with Gasteiger partial charge in [-0.25, -0.2) is 4.63 Å². The molecule has 0 saturated heterocycles. The number of likely N-dealkylation sites (N-methyl/N-ethyl adjacent to an activating group) is 1. The highest BCUT2D eigenvalue weighted by atomic mass is 16.6. The van der Waals surface area contributed by atoms with Crippen LogP contribution < -0.4 is 11.1 Å². The fourth-order valence-corrected chi connectivity index (χ4v) is 1.67. The maximum Gasteiger partial charge on any atom is 0.277 e. The molecule has 1 heterocycles. The third-order valence-corrected chi connectivity index (χ3v) is 2.70. The highest BCUT2D eigenvalue weighted by molar-refractivity contribution is 5.95. The number of carbonyl (C=O) groups excluding carboxylic acids is 1. The van der Waals surface area contributed by atoms with Crippen LogP contribution in [0.25, 0.3) is 0 Å². The molecule has 1 aromatic rings. The minimum absolute atomic E-state index is 0.0118. The van der Waals surface area contributed by atoms with E-state index in [4.69, 9.17) is 5.73 Å². The van der Waals surface area contributed by atoms with Crippen molar-refractivity contribution in [3.05, 3.63) is 5.69 Å². The van der Waals surface area contributed by atoms with Crippen LogP contribution in [0.3, 0.4) is 0 Å². The molecule has 1 rings (SSSR count). The first kappa shape index (κ1) is 14.4. The summed E-state index contributed by atoms with van der Waals surface area (Å²) in [6.07, 6.45) is 1.000. The first-order valence-corrected chi connectivity index (χ1v) is 5.94. The van der Waals surface area contributed by atoms with Gasteiger partial charge in [-0.15, -0.1) is 0 Å². The summed E-state index contributed by atoms with van der Waals surface area (Å²) in [5, 5.41) is 9.62. The number of hydrogen-bond acceptors (Lipinski definition) is 6. The fourth-order valence-electron chi connectivity index (χ4n) is 1.67. The van der Waals surface area contributed by atoms with Crippen molar-refractivity contribution in [2.75, 3.05) is 26.4 Å². The topological polar surface area (TPSA) is 97.3 Å². The van der Waals surface area contributed by atoms with E-state index in [2.05, 4.69) is 39.0 Å². The third-order valence-electron chi connectivity index (χ3n) is 2.70. The predicted octanol–water partition coefficient (Wildman–Crippen LogP) is 0.358. The quantitative estimate of drug-likeness (QED) is 0.761. The molecule has 0 bridgehead atoms. The van der Waals surface area contributed by atoms with Crippen LogP contribution in [-0.4, -0.2) is 47.8 Å². The van der Waals surface area contributed by atoms with Gasteiger partial charge in [-0.1, -0.05) is 13.8 Å². The maximum atomic E-state index is 11.8. The van der Waals surface area contributed by atoms with Crippen molar-refractivity contribution < 1.29 is 9.42 Å². The SMILES string of the molecule is CC(C)CC(CNC(=O)c1nonc1N)N(C)C. The van der Waals surface area contributed by atoms with Crippen molar-refractivity contribution in [3.8, 4) is 0 Å². The fraction of sp³-hybridized carbons (Fsp3) is 0.727. The molecule has 3 N–H and O–H groups in total. The summed E-state index contributed by atoms with van der Waals surface area (Å²) in [5.74, 6) is 0.218. The van der Waals surface area contributed by atoms with Crippen molar-refractivity contribution >= 4 is 11.7 Å². The zero-order valence-corrected chi connectivity index (χ0v) is 11.3. The Morgan fingerprint density at radius 2 is 2.11 bits per heavy atom. The molecule has 0 aliphatic carbocycles. The minimum Gasteiger partial charge on any atom is -0.379 e. The highest BCUT2D eigenvalue weighted by Crippen LogP contribution is 2.09. The Hall–Kier alpha value is -1.63. The number of nitrogens with zero attached hydrogens (tertiary/aromatic N) is 3. The van der Waals surface area contributed by atoms with Crippen molar-refractivity contribution in [3.63, 3.8) is 0 Å². The Labute approximate surface area is 107 Å². The summed E-state index contributed by atoms with van der Waals surface area (Å²) in [6, 6.07) is 0.273. The van der Waals surface area contributed by atoms with Gasteiger partial charge in [-0.05, 0) is 36.7 Å². The molecule has 102 valence electrons. The van der Waals surface area contributed by atoms with E-state index in [0.29, 0.717) is 12.5 Å². The summed E-state index contributed by atoms with van der Waals surface area (Å²) in [5.41, 5.74) is 5.49. The standard InChI is InChI=1S/C11H21N5O2/c1-7(2)5-8(16(3)4)6-13-11(17)9-10(12)15-18-14-9/h7-8H,5-6H2,1-4H3,(H2,12,15)(H,13,17). The Morgan fingerprint density at radius 1 is 1.44 bits per heavy atom. The van der Waals surface area contributed by atoms with Gasteiger partial charge in [0.25, 0.3) is 5.91 Å². The molecule has 0 aliphatic rings. The monoisotopic (exact) mass is 255 g/mol. The molecule has 0 radical (unpaired) electrons. The van der Waals surface area contributed by atoms with Crippen molar-refractivity contribution in [2.24, 2.45) is 5.92 Å². The molecular formula is C11H21N5O2. The average molecular weight is 255 g/mol. The van der Waals surface area contributed by atoms with E-state index in [1.54, 1.807) is 0 Å². The molecule has 0 spiro atoms. The first-order chi connectivity index (χ1) is 8.41. The van der Waals surface area contributed by atoms with Crippen LogP contribution in [0, 0.1) is 5.92 Å². The van der Waals surface area contributed by atoms with Gasteiger partial charge in [0, 0.05) is 12.6 Å². The van der Waals surface area contributed by atoms with Crippen LogP contribution in [-0.2, 0) is 0 Å². The van der Waals surface area contributed by atoms with Gasteiger partial charge in [0.15, 0.2) is 0 Å². The summed E-state index contributed by atoms with van der Waals surface area (Å²) in [4.78, 5) is 13.9. The van der Waals surface area contributed by atoms with Crippen LogP contribution in [0.15, 0.2) is 4.63 Å². The molecule has 0 saturated carbocycles. The van der Waals surface area contributed by atoms with Gasteiger partial charge in [0.2, 0.25) is 11.5 Å². The average Bonchev–Trinajstić information content (AvgIpc) is 2.69. The second kappa shape index (κ2) is 6.34. The summed E-state index contributed by atoms with van der Waals surface area (Å²) < 4.78 is 4.39. The Morgan fingerprint density at radius 3 is 2.56 bits per heavy atom. The van der Waals surface area contributed by atoms with E-state index in [-0.39, 0.29) is 23.5 Å². The van der Waals surface area contributed by atoms with Crippen molar-refractivity contribution in [1.82, 2.24) is 20.5 Å². The number of amides is 1. The molecule has 1 amide bonds. The molecular weight excluding hydrogens is 234 g/mol. The normalized spacial score (nSPS) is 13.0. The van der Waals surface area contributed by atoms with E-state index in [9.17, 15) is 4.79 Å². The lowest BCUT2D eigenvalue weighted by atomic mass is 10.0. The Kier molecular flexibility index (Phi) is 5.08. The minimum atomic E-state index is -0.357. The molecule has 18 heavy (non-hydrogen) atoms. The van der Waals surface area contributed by atoms with E-state index in [1.807, 2.05) is 14.1 Å². The number of hydrogen-bond donors (Lipinski definition) is 2. The predicted molar refractivity (Wildman–Crippen MR) is 68.0 cm³/mol. The second-order valence-corrected chi connectivity index (χ2v) is 4.96. The lowest BCUT2D eigenvalue weighted by Crippen LogP contribution is -2.41. The van der Waals surface area contributed by atoms with Crippen LogP contribution in [0.4, 0.5) is 5.82 Å². The van der Waals surface area contributed by atoms with E-state index in [1.165, 1.54) is 0 Å². The molecule has 7 heteroatoms. The largest absolute Gasteiger partial charge is 0.379 e. The van der Waals surface area contributed by atoms with E-state index in [0.717, 1.165) is 6.42 Å². The van der Waals surface area contributed by atoms with E-state index >= 15 is 0 Å². The second-order valence-electron chi connectivity index (χ2n) is 4.96. The van der Waals surface area contributed by atoms with Gasteiger partial charge in [-0.2, -0.15) is 0 Å². The lowest BCUT2D eigenvalue weighted by Gasteiger charge is -2.26. The van der Waals surface area contributed by atoms with Gasteiger partial charge in [-0.3, -0.25) is 4.79 Å².